The van der Waals surface area contributed by atoms with E-state index in [1.54, 1.807) is 6.08 Å². The molecule has 0 aromatic heterocycles. The van der Waals surface area contributed by atoms with E-state index in [1.807, 2.05) is 31.2 Å². The number of nitrogens with one attached hydrogen (secondary N) is 1. The first kappa shape index (κ1) is 12.2. The molecule has 0 heterocycles. The first-order valence-electron chi connectivity index (χ1n) is 5.19. The minimum atomic E-state index is -0.185. The molecule has 1 atom stereocenters. The van der Waals surface area contributed by atoms with Gasteiger partial charge in [0, 0.05) is 6.92 Å². The van der Waals surface area contributed by atoms with Gasteiger partial charge >= 0.3 is 0 Å². The van der Waals surface area contributed by atoms with Crippen LogP contribution < -0.4 is 5.32 Å². The van der Waals surface area contributed by atoms with Crippen molar-refractivity contribution in [2.45, 2.75) is 19.9 Å². The van der Waals surface area contributed by atoms with Crippen LogP contribution in [-0.4, -0.2) is 5.91 Å². The molecule has 0 fully saturated rings. The Bertz CT molecular complexity index is 420. The van der Waals surface area contributed by atoms with Crippen molar-refractivity contribution >= 4 is 5.91 Å². The summed E-state index contributed by atoms with van der Waals surface area (Å²) in [4.78, 5) is 11.1. The van der Waals surface area contributed by atoms with Crippen LogP contribution in [-0.2, 0) is 4.79 Å². The summed E-state index contributed by atoms with van der Waals surface area (Å²) in [5, 5.41) is 2.86. The second kappa shape index (κ2) is 5.31. The standard InChI is InChI=1S/C14H17NO/c1-5-11(3)14(15-12(4)16)13-8-6-7-10(2)9-13/h5-9,14H,1,3H2,2,4H3,(H,15,16)/t14-/m1/s1. The molecule has 0 saturated heterocycles. The number of carbonyl (C=O) groups is 1. The minimum Gasteiger partial charge on any atom is -0.345 e. The van der Waals surface area contributed by atoms with Crippen molar-refractivity contribution in [1.29, 1.82) is 0 Å². The van der Waals surface area contributed by atoms with E-state index in [1.165, 1.54) is 6.92 Å². The Labute approximate surface area is 96.7 Å². The summed E-state index contributed by atoms with van der Waals surface area (Å²) >= 11 is 0. The molecule has 1 N–H and O–H groups in total. The van der Waals surface area contributed by atoms with Crippen molar-refractivity contribution in [1.82, 2.24) is 5.32 Å². The molecular formula is C14H17NO. The quantitative estimate of drug-likeness (QED) is 0.769. The summed E-state index contributed by atoms with van der Waals surface area (Å²) in [6, 6.07) is 7.81. The maximum Gasteiger partial charge on any atom is 0.217 e. The van der Waals surface area contributed by atoms with Gasteiger partial charge in [-0.1, -0.05) is 49.1 Å². The molecule has 1 amide bonds. The van der Waals surface area contributed by atoms with E-state index >= 15 is 0 Å². The predicted molar refractivity (Wildman–Crippen MR) is 67.1 cm³/mol. The summed E-state index contributed by atoms with van der Waals surface area (Å²) in [6.07, 6.45) is 1.67. The molecule has 2 nitrogen and oxygen atoms in total. The highest BCUT2D eigenvalue weighted by Crippen LogP contribution is 2.21. The average molecular weight is 215 g/mol. The normalized spacial score (nSPS) is 11.6. The highest BCUT2D eigenvalue weighted by molar-refractivity contribution is 5.74. The fourth-order valence-corrected chi connectivity index (χ4v) is 1.56. The zero-order valence-corrected chi connectivity index (χ0v) is 9.79. The largest absolute Gasteiger partial charge is 0.345 e. The monoisotopic (exact) mass is 215 g/mol. The topological polar surface area (TPSA) is 29.1 Å². The lowest BCUT2D eigenvalue weighted by Crippen LogP contribution is -2.26. The molecule has 0 unspecified atom stereocenters. The average Bonchev–Trinajstić information content (AvgIpc) is 2.24. The van der Waals surface area contributed by atoms with Gasteiger partial charge in [0.2, 0.25) is 5.91 Å². The molecule has 0 spiro atoms. The van der Waals surface area contributed by atoms with Gasteiger partial charge in [-0.25, -0.2) is 0 Å². The first-order valence-corrected chi connectivity index (χ1v) is 5.19. The van der Waals surface area contributed by atoms with E-state index in [0.717, 1.165) is 16.7 Å². The van der Waals surface area contributed by atoms with Crippen LogP contribution in [0.4, 0.5) is 0 Å². The Morgan fingerprint density at radius 3 is 2.69 bits per heavy atom. The number of benzene rings is 1. The second-order valence-electron chi connectivity index (χ2n) is 3.83. The number of rotatable bonds is 4. The molecule has 0 aliphatic carbocycles. The molecule has 0 bridgehead atoms. The Hall–Kier alpha value is -1.83. The summed E-state index contributed by atoms with van der Waals surface area (Å²) in [5.74, 6) is -0.0745. The van der Waals surface area contributed by atoms with Gasteiger partial charge in [0.25, 0.3) is 0 Å². The SMILES string of the molecule is C=CC(=C)[C@@H](NC(C)=O)c1cccc(C)c1. The zero-order chi connectivity index (χ0) is 12.1. The highest BCUT2D eigenvalue weighted by atomic mass is 16.1. The molecule has 0 aliphatic rings. The maximum absolute atomic E-state index is 11.1. The first-order chi connectivity index (χ1) is 7.54. The lowest BCUT2D eigenvalue weighted by molar-refractivity contribution is -0.119. The molecule has 0 saturated carbocycles. The van der Waals surface area contributed by atoms with Gasteiger partial charge in [0.1, 0.15) is 0 Å². The van der Waals surface area contributed by atoms with E-state index in [4.69, 9.17) is 0 Å². The van der Waals surface area contributed by atoms with Crippen molar-refractivity contribution in [2.75, 3.05) is 0 Å². The van der Waals surface area contributed by atoms with Gasteiger partial charge in [-0.05, 0) is 18.1 Å². The van der Waals surface area contributed by atoms with Gasteiger partial charge < -0.3 is 5.32 Å². The van der Waals surface area contributed by atoms with Gasteiger partial charge in [-0.2, -0.15) is 0 Å². The molecule has 1 aromatic carbocycles. The lowest BCUT2D eigenvalue weighted by Gasteiger charge is -2.19. The van der Waals surface area contributed by atoms with Crippen molar-refractivity contribution in [3.05, 3.63) is 60.2 Å². The third-order valence-corrected chi connectivity index (χ3v) is 2.36. The number of carbonyl (C=O) groups excluding carboxylic acids is 1. The number of amides is 1. The Morgan fingerprint density at radius 2 is 2.19 bits per heavy atom. The third-order valence-electron chi connectivity index (χ3n) is 2.36. The van der Waals surface area contributed by atoms with Crippen LogP contribution in [0.25, 0.3) is 0 Å². The molecular weight excluding hydrogens is 198 g/mol. The van der Waals surface area contributed by atoms with E-state index in [-0.39, 0.29) is 11.9 Å². The van der Waals surface area contributed by atoms with Crippen molar-refractivity contribution in [2.24, 2.45) is 0 Å². The van der Waals surface area contributed by atoms with Crippen molar-refractivity contribution in [3.63, 3.8) is 0 Å². The minimum absolute atomic E-state index is 0.0745. The van der Waals surface area contributed by atoms with Gasteiger partial charge in [0.15, 0.2) is 0 Å². The predicted octanol–water partition coefficient (Wildman–Crippen LogP) is 2.91. The van der Waals surface area contributed by atoms with E-state index in [2.05, 4.69) is 18.5 Å². The highest BCUT2D eigenvalue weighted by Gasteiger charge is 2.13. The van der Waals surface area contributed by atoms with Crippen LogP contribution in [0.2, 0.25) is 0 Å². The van der Waals surface area contributed by atoms with Crippen molar-refractivity contribution in [3.8, 4) is 0 Å². The van der Waals surface area contributed by atoms with E-state index in [9.17, 15) is 4.79 Å². The van der Waals surface area contributed by atoms with Crippen LogP contribution in [0.1, 0.15) is 24.1 Å². The molecule has 2 heteroatoms. The fraction of sp³-hybridized carbons (Fsp3) is 0.214. The third kappa shape index (κ3) is 3.09. The Morgan fingerprint density at radius 1 is 1.50 bits per heavy atom. The maximum atomic E-state index is 11.1. The number of aryl methyl sites for hydroxylation is 1. The Kier molecular flexibility index (Phi) is 4.06. The Balaban J connectivity index is 3.05. The molecule has 1 rings (SSSR count). The van der Waals surface area contributed by atoms with Crippen LogP contribution in [0, 0.1) is 6.92 Å². The van der Waals surface area contributed by atoms with Crippen molar-refractivity contribution < 1.29 is 4.79 Å². The summed E-state index contributed by atoms with van der Waals surface area (Å²) in [6.45, 7) is 11.1. The number of hydrogen-bond donors (Lipinski definition) is 1. The van der Waals surface area contributed by atoms with E-state index in [0.29, 0.717) is 0 Å². The molecule has 16 heavy (non-hydrogen) atoms. The molecule has 0 radical (unpaired) electrons. The van der Waals surface area contributed by atoms with E-state index < -0.39 is 0 Å². The van der Waals surface area contributed by atoms with Gasteiger partial charge in [0.05, 0.1) is 6.04 Å². The molecule has 0 aliphatic heterocycles. The molecule has 1 aromatic rings. The second-order valence-corrected chi connectivity index (χ2v) is 3.83. The molecule has 84 valence electrons. The summed E-state index contributed by atoms with van der Waals surface area (Å²) in [7, 11) is 0. The lowest BCUT2D eigenvalue weighted by atomic mass is 9.98. The van der Waals surface area contributed by atoms with Crippen LogP contribution in [0.3, 0.4) is 0 Å². The fourth-order valence-electron chi connectivity index (χ4n) is 1.56. The van der Waals surface area contributed by atoms with Crippen LogP contribution in [0.5, 0.6) is 0 Å². The van der Waals surface area contributed by atoms with Crippen LogP contribution in [0.15, 0.2) is 49.1 Å². The smallest absolute Gasteiger partial charge is 0.217 e. The van der Waals surface area contributed by atoms with Crippen LogP contribution >= 0.6 is 0 Å². The number of hydrogen-bond acceptors (Lipinski definition) is 1. The summed E-state index contributed by atoms with van der Waals surface area (Å²) < 4.78 is 0. The zero-order valence-electron chi connectivity index (χ0n) is 9.79. The van der Waals surface area contributed by atoms with Gasteiger partial charge in [-0.3, -0.25) is 4.79 Å². The van der Waals surface area contributed by atoms with Gasteiger partial charge in [-0.15, -0.1) is 0 Å². The summed E-state index contributed by atoms with van der Waals surface area (Å²) in [5.41, 5.74) is 2.98.